The van der Waals surface area contributed by atoms with Crippen LogP contribution in [0.1, 0.15) is 0 Å². The van der Waals surface area contributed by atoms with E-state index in [0.717, 1.165) is 21.7 Å². The normalized spacial score (nSPS) is 10.7. The average Bonchev–Trinajstić information content (AvgIpc) is 3.05. The quantitative estimate of drug-likeness (QED) is 0.726. The maximum Gasteiger partial charge on any atom is 0.224 e. The summed E-state index contributed by atoms with van der Waals surface area (Å²) in [5.74, 6) is 1.35. The summed E-state index contributed by atoms with van der Waals surface area (Å²) in [4.78, 5) is 8.94. The topological polar surface area (TPSA) is 51.0 Å². The molecule has 18 heavy (non-hydrogen) atoms. The Morgan fingerprint density at radius 1 is 1.39 bits per heavy atom. The maximum absolute atomic E-state index is 5.42. The lowest BCUT2D eigenvalue weighted by Gasteiger charge is -2.04. The van der Waals surface area contributed by atoms with Crippen LogP contribution in [0.15, 0.2) is 46.9 Å². The summed E-state index contributed by atoms with van der Waals surface area (Å²) in [6.07, 6.45) is 3.42. The Balaban J connectivity index is 2.15. The molecular formula is C13H11N3OS. The van der Waals surface area contributed by atoms with Crippen LogP contribution in [-0.4, -0.2) is 16.5 Å². The highest BCUT2D eigenvalue weighted by molar-refractivity contribution is 7.17. The zero-order valence-corrected chi connectivity index (χ0v) is 10.4. The predicted octanol–water partition coefficient (Wildman–Crippen LogP) is 3.55. The number of rotatable bonds is 4. The molecule has 0 aliphatic heterocycles. The van der Waals surface area contributed by atoms with E-state index in [2.05, 4.69) is 21.9 Å². The number of thiophene rings is 1. The van der Waals surface area contributed by atoms with Crippen LogP contribution in [0.5, 0.6) is 0 Å². The molecule has 0 aliphatic rings. The Morgan fingerprint density at radius 3 is 3.11 bits per heavy atom. The van der Waals surface area contributed by atoms with Gasteiger partial charge in [0.05, 0.1) is 16.5 Å². The smallest absolute Gasteiger partial charge is 0.224 e. The van der Waals surface area contributed by atoms with Gasteiger partial charge in [-0.25, -0.2) is 9.97 Å². The molecule has 3 rings (SSSR count). The fourth-order valence-corrected chi connectivity index (χ4v) is 2.51. The fourth-order valence-electron chi connectivity index (χ4n) is 1.69. The maximum atomic E-state index is 5.42. The van der Waals surface area contributed by atoms with E-state index < -0.39 is 0 Å². The van der Waals surface area contributed by atoms with Crippen LogP contribution in [0.2, 0.25) is 0 Å². The standard InChI is InChI=1S/C13H11N3OS/c1-2-6-14-13-15-9-5-8-18-12(9)11(16-13)10-4-3-7-17-10/h2-5,7-8H,1,6H2,(H,14,15,16). The van der Waals surface area contributed by atoms with E-state index in [9.17, 15) is 0 Å². The van der Waals surface area contributed by atoms with Gasteiger partial charge in [-0.2, -0.15) is 0 Å². The van der Waals surface area contributed by atoms with Gasteiger partial charge >= 0.3 is 0 Å². The molecule has 90 valence electrons. The lowest BCUT2D eigenvalue weighted by molar-refractivity contribution is 0.581. The van der Waals surface area contributed by atoms with Gasteiger partial charge in [0.2, 0.25) is 5.95 Å². The van der Waals surface area contributed by atoms with Gasteiger partial charge in [-0.05, 0) is 23.6 Å². The van der Waals surface area contributed by atoms with Gasteiger partial charge in [0.15, 0.2) is 5.76 Å². The van der Waals surface area contributed by atoms with Gasteiger partial charge < -0.3 is 9.73 Å². The lowest BCUT2D eigenvalue weighted by Crippen LogP contribution is -2.03. The van der Waals surface area contributed by atoms with Crippen molar-refractivity contribution in [3.8, 4) is 11.5 Å². The van der Waals surface area contributed by atoms with E-state index >= 15 is 0 Å². The van der Waals surface area contributed by atoms with Crippen LogP contribution in [0.4, 0.5) is 5.95 Å². The summed E-state index contributed by atoms with van der Waals surface area (Å²) in [5.41, 5.74) is 1.75. The molecule has 0 saturated heterocycles. The molecule has 0 atom stereocenters. The highest BCUT2D eigenvalue weighted by Crippen LogP contribution is 2.31. The SMILES string of the molecule is C=CCNc1nc(-c2ccco2)c2sccc2n1. The zero-order valence-electron chi connectivity index (χ0n) is 9.59. The number of fused-ring (bicyclic) bond motifs is 1. The minimum absolute atomic E-state index is 0.590. The number of anilines is 1. The highest BCUT2D eigenvalue weighted by Gasteiger charge is 2.12. The van der Waals surface area contributed by atoms with Gasteiger partial charge in [0.25, 0.3) is 0 Å². The summed E-state index contributed by atoms with van der Waals surface area (Å²) < 4.78 is 6.46. The molecule has 3 heterocycles. The Kier molecular flexibility index (Phi) is 2.82. The first-order chi connectivity index (χ1) is 8.88. The molecule has 5 heteroatoms. The molecule has 0 radical (unpaired) electrons. The first-order valence-electron chi connectivity index (χ1n) is 5.52. The first-order valence-corrected chi connectivity index (χ1v) is 6.40. The van der Waals surface area contributed by atoms with Crippen molar-refractivity contribution in [1.82, 2.24) is 9.97 Å². The van der Waals surface area contributed by atoms with E-state index in [1.807, 2.05) is 23.6 Å². The molecule has 0 aliphatic carbocycles. The number of aromatic nitrogens is 2. The fraction of sp³-hybridized carbons (Fsp3) is 0.0769. The van der Waals surface area contributed by atoms with E-state index in [1.165, 1.54) is 0 Å². The van der Waals surface area contributed by atoms with E-state index in [-0.39, 0.29) is 0 Å². The van der Waals surface area contributed by atoms with Gasteiger partial charge in [-0.3, -0.25) is 0 Å². The van der Waals surface area contributed by atoms with Crippen LogP contribution in [0, 0.1) is 0 Å². The summed E-state index contributed by atoms with van der Waals surface area (Å²) in [6, 6.07) is 5.74. The molecule has 1 N–H and O–H groups in total. The zero-order chi connectivity index (χ0) is 12.4. The minimum atomic E-state index is 0.590. The van der Waals surface area contributed by atoms with Gasteiger partial charge in [-0.1, -0.05) is 6.08 Å². The molecule has 0 saturated carbocycles. The third kappa shape index (κ3) is 1.89. The molecule has 3 aromatic heterocycles. The molecule has 4 nitrogen and oxygen atoms in total. The van der Waals surface area contributed by atoms with Crippen molar-refractivity contribution in [3.05, 3.63) is 42.5 Å². The van der Waals surface area contributed by atoms with Crippen molar-refractivity contribution in [2.75, 3.05) is 11.9 Å². The highest BCUT2D eigenvalue weighted by atomic mass is 32.1. The molecule has 0 bridgehead atoms. The van der Waals surface area contributed by atoms with Crippen molar-refractivity contribution in [3.63, 3.8) is 0 Å². The average molecular weight is 257 g/mol. The van der Waals surface area contributed by atoms with Crippen molar-refractivity contribution in [1.29, 1.82) is 0 Å². The second-order valence-electron chi connectivity index (χ2n) is 3.68. The molecule has 0 amide bonds. The van der Waals surface area contributed by atoms with Gasteiger partial charge in [-0.15, -0.1) is 17.9 Å². The van der Waals surface area contributed by atoms with Crippen LogP contribution in [-0.2, 0) is 0 Å². The van der Waals surface area contributed by atoms with Crippen LogP contribution >= 0.6 is 11.3 Å². The monoisotopic (exact) mass is 257 g/mol. The summed E-state index contributed by atoms with van der Waals surface area (Å²) in [6.45, 7) is 4.30. The van der Waals surface area contributed by atoms with E-state index in [1.54, 1.807) is 23.7 Å². The third-order valence-corrected chi connectivity index (χ3v) is 3.37. The predicted molar refractivity (Wildman–Crippen MR) is 73.8 cm³/mol. The summed E-state index contributed by atoms with van der Waals surface area (Å²) in [7, 11) is 0. The Morgan fingerprint density at radius 2 is 2.33 bits per heavy atom. The van der Waals surface area contributed by atoms with Crippen molar-refractivity contribution in [2.45, 2.75) is 0 Å². The molecular weight excluding hydrogens is 246 g/mol. The van der Waals surface area contributed by atoms with Gasteiger partial charge in [0, 0.05) is 6.54 Å². The van der Waals surface area contributed by atoms with E-state index in [0.29, 0.717) is 12.5 Å². The number of furan rings is 1. The Bertz CT molecular complexity index is 673. The van der Waals surface area contributed by atoms with Gasteiger partial charge in [0.1, 0.15) is 5.69 Å². The summed E-state index contributed by atoms with van der Waals surface area (Å²) in [5, 5.41) is 5.10. The lowest BCUT2D eigenvalue weighted by atomic mass is 10.3. The van der Waals surface area contributed by atoms with Crippen LogP contribution in [0.25, 0.3) is 21.7 Å². The van der Waals surface area contributed by atoms with Crippen molar-refractivity contribution >= 4 is 27.5 Å². The number of nitrogens with one attached hydrogen (secondary N) is 1. The van der Waals surface area contributed by atoms with Crippen molar-refractivity contribution < 1.29 is 4.42 Å². The molecule has 0 aromatic carbocycles. The number of hydrogen-bond donors (Lipinski definition) is 1. The Labute approximate surface area is 108 Å². The molecule has 0 spiro atoms. The molecule has 3 aromatic rings. The second kappa shape index (κ2) is 4.62. The second-order valence-corrected chi connectivity index (χ2v) is 4.59. The first kappa shape index (κ1) is 11.0. The largest absolute Gasteiger partial charge is 0.463 e. The van der Waals surface area contributed by atoms with E-state index in [4.69, 9.17) is 4.42 Å². The number of nitrogens with zero attached hydrogens (tertiary/aromatic N) is 2. The van der Waals surface area contributed by atoms with Crippen LogP contribution < -0.4 is 5.32 Å². The van der Waals surface area contributed by atoms with Crippen LogP contribution in [0.3, 0.4) is 0 Å². The molecule has 0 fully saturated rings. The minimum Gasteiger partial charge on any atom is -0.463 e. The molecule has 0 unspecified atom stereocenters. The Hall–Kier alpha value is -2.14. The number of hydrogen-bond acceptors (Lipinski definition) is 5. The van der Waals surface area contributed by atoms with Crippen molar-refractivity contribution in [2.24, 2.45) is 0 Å². The third-order valence-electron chi connectivity index (χ3n) is 2.46. The summed E-state index contributed by atoms with van der Waals surface area (Å²) >= 11 is 1.61.